The molecule has 0 heterocycles. The lowest BCUT2D eigenvalue weighted by Gasteiger charge is -2.30. The third-order valence-electron chi connectivity index (χ3n) is 6.20. The zero-order chi connectivity index (χ0) is 21.4. The number of hydrogen-bond donors (Lipinski definition) is 0. The molecule has 3 aromatic rings. The highest BCUT2D eigenvalue weighted by molar-refractivity contribution is 7.07. The van der Waals surface area contributed by atoms with Gasteiger partial charge in [-0.15, -0.1) is 5.16 Å². The van der Waals surface area contributed by atoms with Gasteiger partial charge in [0.15, 0.2) is 0 Å². The Labute approximate surface area is 186 Å². The fraction of sp³-hybridized carbons (Fsp3) is 0.259. The minimum Gasteiger partial charge on any atom is -0.438 e. The third kappa shape index (κ3) is 4.78. The van der Waals surface area contributed by atoms with E-state index in [1.54, 1.807) is 0 Å². The molecule has 31 heavy (non-hydrogen) atoms. The van der Waals surface area contributed by atoms with E-state index in [-0.39, 0.29) is 5.92 Å². The number of rotatable bonds is 6. The van der Waals surface area contributed by atoms with Crippen molar-refractivity contribution < 1.29 is 4.53 Å². The highest BCUT2D eigenvalue weighted by Crippen LogP contribution is 2.26. The molecule has 2 atom stereocenters. The van der Waals surface area contributed by atoms with E-state index in [2.05, 4.69) is 84.0 Å². The molecule has 0 saturated heterocycles. The molecule has 0 spiro atoms. The normalized spacial score (nSPS) is 19.5. The first-order valence-electron chi connectivity index (χ1n) is 11.1. The molecule has 3 nitrogen and oxygen atoms in total. The molecule has 0 aromatic heterocycles. The molecular weight excluding hydrogens is 396 g/mol. The van der Waals surface area contributed by atoms with Crippen molar-refractivity contribution in [2.24, 2.45) is 17.0 Å². The largest absolute Gasteiger partial charge is 0.438 e. The van der Waals surface area contributed by atoms with Crippen LogP contribution in [0.4, 0.5) is 0 Å². The maximum Gasteiger partial charge on any atom is 0.380 e. The molecule has 0 N–H and O–H groups in total. The predicted molar refractivity (Wildman–Crippen MR) is 129 cm³/mol. The summed E-state index contributed by atoms with van der Waals surface area (Å²) in [5, 5.41) is 17.4. The molecule has 1 fully saturated rings. The summed E-state index contributed by atoms with van der Waals surface area (Å²) >= 11 is 0. The molecule has 0 radical (unpaired) electrons. The molecule has 4 rings (SSSR count). The summed E-state index contributed by atoms with van der Waals surface area (Å²) in [6, 6.07) is 33.9. The Hall–Kier alpha value is -3.16. The summed E-state index contributed by atoms with van der Waals surface area (Å²) in [5.41, 5.74) is 0. The topological polar surface area (TPSA) is 45.4 Å². The summed E-state index contributed by atoms with van der Waals surface area (Å²) in [4.78, 5) is 0. The van der Waals surface area contributed by atoms with Gasteiger partial charge in [0.2, 0.25) is 0 Å². The molecule has 0 bridgehead atoms. The van der Waals surface area contributed by atoms with Crippen LogP contribution in [0.15, 0.2) is 96.2 Å². The van der Waals surface area contributed by atoms with Gasteiger partial charge >= 0.3 is 8.32 Å². The van der Waals surface area contributed by atoms with Gasteiger partial charge in [-0.1, -0.05) is 97.4 Å². The second kappa shape index (κ2) is 10.2. The number of benzene rings is 3. The van der Waals surface area contributed by atoms with Crippen LogP contribution < -0.4 is 15.6 Å². The van der Waals surface area contributed by atoms with Crippen molar-refractivity contribution in [1.29, 1.82) is 5.26 Å². The monoisotopic (exact) mass is 424 g/mol. The number of hydrogen-bond acceptors (Lipinski definition) is 3. The third-order valence-corrected chi connectivity index (χ3v) is 10.0. The van der Waals surface area contributed by atoms with Crippen molar-refractivity contribution in [1.82, 2.24) is 0 Å². The highest BCUT2D eigenvalue weighted by atomic mass is 28.4. The molecular formula is C27H28N2OSi. The van der Waals surface area contributed by atoms with Crippen LogP contribution in [0.2, 0.25) is 0 Å². The van der Waals surface area contributed by atoms with Crippen LogP contribution in [0.3, 0.4) is 0 Å². The van der Waals surface area contributed by atoms with Gasteiger partial charge in [0, 0.05) is 12.1 Å². The van der Waals surface area contributed by atoms with Crippen LogP contribution in [-0.2, 0) is 4.53 Å². The molecule has 0 amide bonds. The van der Waals surface area contributed by atoms with Crippen LogP contribution in [0, 0.1) is 23.2 Å². The second-order valence-electron chi connectivity index (χ2n) is 8.22. The Morgan fingerprint density at radius 1 is 0.742 bits per heavy atom. The molecule has 1 aliphatic rings. The first-order valence-corrected chi connectivity index (χ1v) is 13.0. The van der Waals surface area contributed by atoms with E-state index >= 15 is 0 Å². The van der Waals surface area contributed by atoms with E-state index < -0.39 is 8.32 Å². The fourth-order valence-electron chi connectivity index (χ4n) is 4.48. The van der Waals surface area contributed by atoms with Gasteiger partial charge in [-0.05, 0) is 47.2 Å². The van der Waals surface area contributed by atoms with Crippen LogP contribution in [0.5, 0.6) is 0 Å². The lowest BCUT2D eigenvalue weighted by molar-refractivity contribution is 0.346. The Balaban J connectivity index is 1.71. The Morgan fingerprint density at radius 2 is 1.26 bits per heavy atom. The van der Waals surface area contributed by atoms with Gasteiger partial charge in [-0.3, -0.25) is 0 Å². The number of nitrogens with zero attached hydrogens (tertiary/aromatic N) is 2. The van der Waals surface area contributed by atoms with Crippen LogP contribution in [-0.4, -0.2) is 14.5 Å². The summed E-state index contributed by atoms with van der Waals surface area (Å²) in [5.74, 6) is 0.554. The van der Waals surface area contributed by atoms with Crippen LogP contribution in [0.1, 0.15) is 32.1 Å². The molecule has 3 aromatic carbocycles. The van der Waals surface area contributed by atoms with Crippen molar-refractivity contribution in [3.05, 3.63) is 91.0 Å². The Bertz CT molecular complexity index is 919. The minimum atomic E-state index is -2.79. The maximum absolute atomic E-state index is 9.26. The van der Waals surface area contributed by atoms with E-state index in [0.29, 0.717) is 5.92 Å². The predicted octanol–water partition coefficient (Wildman–Crippen LogP) is 4.38. The van der Waals surface area contributed by atoms with Gasteiger partial charge in [0.1, 0.15) is 0 Å². The number of nitriles is 1. The molecule has 1 aliphatic carbocycles. The summed E-state index contributed by atoms with van der Waals surface area (Å²) < 4.78 is 6.63. The molecule has 1 saturated carbocycles. The van der Waals surface area contributed by atoms with Crippen LogP contribution >= 0.6 is 0 Å². The standard InChI is InChI=1S/C27H28N2OSi/c28-21-23-11-10-12-24(20-19-23)22-29-30-31(25-13-4-1-5-14-25,26-15-6-2-7-16-26)27-17-8-3-9-18-27/h1-9,13-18,22-24H,10-12,19-20H2/b29-22+. The molecule has 4 heteroatoms. The van der Waals surface area contributed by atoms with Gasteiger partial charge < -0.3 is 4.53 Å². The van der Waals surface area contributed by atoms with E-state index in [4.69, 9.17) is 4.53 Å². The quantitative estimate of drug-likeness (QED) is 0.194. The van der Waals surface area contributed by atoms with E-state index in [1.807, 2.05) is 24.4 Å². The first kappa shape index (κ1) is 21.1. The van der Waals surface area contributed by atoms with Crippen molar-refractivity contribution in [3.63, 3.8) is 0 Å². The Morgan fingerprint density at radius 3 is 1.74 bits per heavy atom. The van der Waals surface area contributed by atoms with Gasteiger partial charge in [0.05, 0.1) is 6.07 Å². The molecule has 156 valence electrons. The summed E-state index contributed by atoms with van der Waals surface area (Å²) in [6.45, 7) is 0. The van der Waals surface area contributed by atoms with Crippen molar-refractivity contribution in [2.45, 2.75) is 32.1 Å². The van der Waals surface area contributed by atoms with Gasteiger partial charge in [-0.2, -0.15) is 5.26 Å². The van der Waals surface area contributed by atoms with Crippen LogP contribution in [0.25, 0.3) is 0 Å². The van der Waals surface area contributed by atoms with E-state index in [9.17, 15) is 5.26 Å². The summed E-state index contributed by atoms with van der Waals surface area (Å²) in [6.07, 6.45) is 7.09. The minimum absolute atomic E-state index is 0.186. The SMILES string of the molecule is N#CC1CCCC(/C=N/O[Si](c2ccccc2)(c2ccccc2)c2ccccc2)CC1. The maximum atomic E-state index is 9.26. The molecule has 0 aliphatic heterocycles. The Kier molecular flexibility index (Phi) is 6.96. The fourth-order valence-corrected chi connectivity index (χ4v) is 8.00. The lowest BCUT2D eigenvalue weighted by atomic mass is 10.0. The van der Waals surface area contributed by atoms with Crippen molar-refractivity contribution in [2.75, 3.05) is 0 Å². The average Bonchev–Trinajstić information content (AvgIpc) is 3.09. The highest BCUT2D eigenvalue weighted by Gasteiger charge is 2.44. The average molecular weight is 425 g/mol. The zero-order valence-corrected chi connectivity index (χ0v) is 18.7. The zero-order valence-electron chi connectivity index (χ0n) is 17.7. The lowest BCUT2D eigenvalue weighted by Crippen LogP contribution is -2.68. The second-order valence-corrected chi connectivity index (χ2v) is 11.5. The van der Waals surface area contributed by atoms with Gasteiger partial charge in [-0.25, -0.2) is 0 Å². The first-order chi connectivity index (χ1) is 15.3. The summed E-state index contributed by atoms with van der Waals surface area (Å²) in [7, 11) is -2.79. The van der Waals surface area contributed by atoms with Crippen molar-refractivity contribution in [3.8, 4) is 6.07 Å². The molecule has 2 unspecified atom stereocenters. The smallest absolute Gasteiger partial charge is 0.380 e. The number of oxime groups is 1. The van der Waals surface area contributed by atoms with E-state index in [1.165, 1.54) is 15.6 Å². The van der Waals surface area contributed by atoms with Gasteiger partial charge in [0.25, 0.3) is 0 Å². The van der Waals surface area contributed by atoms with E-state index in [0.717, 1.165) is 32.1 Å². The van der Waals surface area contributed by atoms with Crippen molar-refractivity contribution >= 4 is 30.1 Å².